The summed E-state index contributed by atoms with van der Waals surface area (Å²) in [6.45, 7) is 16.4. The van der Waals surface area contributed by atoms with Gasteiger partial charge in [-0.2, -0.15) is 11.8 Å². The van der Waals surface area contributed by atoms with Gasteiger partial charge in [0.2, 0.25) is 0 Å². The molecule has 0 bridgehead atoms. The Labute approximate surface area is 219 Å². The van der Waals surface area contributed by atoms with E-state index in [4.69, 9.17) is 4.99 Å². The van der Waals surface area contributed by atoms with Crippen molar-refractivity contribution in [1.29, 1.82) is 0 Å². The van der Waals surface area contributed by atoms with Gasteiger partial charge in [0, 0.05) is 54.7 Å². The Kier molecular flexibility index (Phi) is 8.69. The minimum atomic E-state index is 0.534. The third kappa shape index (κ3) is 5.52. The molecule has 192 valence electrons. The molecule has 1 saturated carbocycles. The van der Waals surface area contributed by atoms with Crippen LogP contribution in [0.1, 0.15) is 101 Å². The zero-order valence-electron chi connectivity index (χ0n) is 23.4. The fraction of sp³-hybridized carbons (Fsp3) is 0.656. The first kappa shape index (κ1) is 26.7. The summed E-state index contributed by atoms with van der Waals surface area (Å²) in [5, 5.41) is 0. The van der Waals surface area contributed by atoms with Crippen LogP contribution in [0.4, 0.5) is 0 Å². The minimum Gasteiger partial charge on any atom is -0.299 e. The zero-order chi connectivity index (χ0) is 25.2. The maximum Gasteiger partial charge on any atom is 0.0450 e. The van der Waals surface area contributed by atoms with Gasteiger partial charge in [0.25, 0.3) is 0 Å². The fourth-order valence-electron chi connectivity index (χ4n) is 6.45. The molecule has 35 heavy (non-hydrogen) atoms. The van der Waals surface area contributed by atoms with Gasteiger partial charge in [-0.05, 0) is 99.1 Å². The SMILES string of the molecule is C/C=C(\C=C(\C)CC)c1cc(C)c(C(=NC)C2CCC(N3CC4(CSC4)C3)CC2)cc1C(C)CC. The molecule has 2 aliphatic heterocycles. The van der Waals surface area contributed by atoms with Crippen molar-refractivity contribution in [3.63, 3.8) is 0 Å². The van der Waals surface area contributed by atoms with Gasteiger partial charge in [0.05, 0.1) is 0 Å². The highest BCUT2D eigenvalue weighted by Crippen LogP contribution is 2.47. The molecule has 3 aliphatic rings. The number of nitrogens with zero attached hydrogens (tertiary/aromatic N) is 2. The van der Waals surface area contributed by atoms with E-state index in [-0.39, 0.29) is 0 Å². The highest BCUT2D eigenvalue weighted by Gasteiger charge is 2.50. The molecule has 1 spiro atoms. The summed E-state index contributed by atoms with van der Waals surface area (Å²) in [5.41, 5.74) is 10.5. The maximum atomic E-state index is 4.95. The first-order valence-electron chi connectivity index (χ1n) is 14.1. The molecule has 0 amide bonds. The quantitative estimate of drug-likeness (QED) is 0.268. The molecule has 1 atom stereocenters. The average molecular weight is 493 g/mol. The summed E-state index contributed by atoms with van der Waals surface area (Å²) in [7, 11) is 2.02. The van der Waals surface area contributed by atoms with Crippen LogP contribution in [0.5, 0.6) is 0 Å². The van der Waals surface area contributed by atoms with E-state index in [1.54, 1.807) is 0 Å². The minimum absolute atomic E-state index is 0.534. The van der Waals surface area contributed by atoms with Gasteiger partial charge >= 0.3 is 0 Å². The Morgan fingerprint density at radius 3 is 2.34 bits per heavy atom. The maximum absolute atomic E-state index is 4.95. The Balaban J connectivity index is 1.55. The van der Waals surface area contributed by atoms with Crippen LogP contribution in [0.25, 0.3) is 5.57 Å². The normalized spacial score (nSPS) is 26.4. The van der Waals surface area contributed by atoms with Crippen LogP contribution in [-0.4, -0.2) is 48.3 Å². The lowest BCUT2D eigenvalue weighted by atomic mass is 9.75. The van der Waals surface area contributed by atoms with Gasteiger partial charge in [0.1, 0.15) is 0 Å². The summed E-state index contributed by atoms with van der Waals surface area (Å²) in [6.07, 6.45) is 12.2. The van der Waals surface area contributed by atoms with E-state index >= 15 is 0 Å². The molecular weight excluding hydrogens is 444 g/mol. The predicted molar refractivity (Wildman–Crippen MR) is 157 cm³/mol. The van der Waals surface area contributed by atoms with Crippen LogP contribution in [0.3, 0.4) is 0 Å². The van der Waals surface area contributed by atoms with Crippen LogP contribution < -0.4 is 0 Å². The van der Waals surface area contributed by atoms with Crippen LogP contribution >= 0.6 is 11.8 Å². The number of thioether (sulfide) groups is 1. The topological polar surface area (TPSA) is 15.6 Å². The van der Waals surface area contributed by atoms with E-state index in [1.807, 2.05) is 7.05 Å². The van der Waals surface area contributed by atoms with Crippen molar-refractivity contribution in [3.05, 3.63) is 52.1 Å². The molecule has 0 radical (unpaired) electrons. The fourth-order valence-corrected chi connectivity index (χ4v) is 7.59. The van der Waals surface area contributed by atoms with Crippen molar-refractivity contribution in [3.8, 4) is 0 Å². The third-order valence-electron chi connectivity index (χ3n) is 9.13. The number of rotatable bonds is 8. The van der Waals surface area contributed by atoms with E-state index < -0.39 is 0 Å². The smallest absolute Gasteiger partial charge is 0.0450 e. The lowest BCUT2D eigenvalue weighted by molar-refractivity contribution is -0.0204. The van der Waals surface area contributed by atoms with Crippen LogP contribution in [0.15, 0.2) is 34.9 Å². The highest BCUT2D eigenvalue weighted by atomic mass is 32.2. The molecule has 1 aromatic carbocycles. The van der Waals surface area contributed by atoms with Gasteiger partial charge < -0.3 is 0 Å². The van der Waals surface area contributed by atoms with Crippen molar-refractivity contribution in [2.75, 3.05) is 31.6 Å². The van der Waals surface area contributed by atoms with Crippen LogP contribution in [0, 0.1) is 18.3 Å². The number of allylic oxidation sites excluding steroid dienone is 4. The van der Waals surface area contributed by atoms with Crippen molar-refractivity contribution in [2.24, 2.45) is 16.3 Å². The number of hydrogen-bond donors (Lipinski definition) is 0. The monoisotopic (exact) mass is 492 g/mol. The van der Waals surface area contributed by atoms with Crippen molar-refractivity contribution >= 4 is 23.0 Å². The number of benzene rings is 1. The zero-order valence-corrected chi connectivity index (χ0v) is 24.2. The standard InChI is InChI=1S/C32H48N2S/c1-8-22(4)15-25(10-3)30-16-24(6)29(17-28(30)23(5)9-2)31(33-7)26-11-13-27(14-12-26)34-18-32(19-34)20-35-21-32/h10,15-17,23,26-27H,8-9,11-14,18-21H2,1-7H3/b22-15-,25-10+,33-31?. The van der Waals surface area contributed by atoms with Crippen LogP contribution in [-0.2, 0) is 0 Å². The van der Waals surface area contributed by atoms with E-state index in [2.05, 4.69) is 82.5 Å². The molecule has 2 heterocycles. The summed E-state index contributed by atoms with van der Waals surface area (Å²) in [5.74, 6) is 3.94. The Morgan fingerprint density at radius 2 is 1.83 bits per heavy atom. The number of likely N-dealkylation sites (tertiary alicyclic amines) is 1. The number of aryl methyl sites for hydroxylation is 1. The summed E-state index contributed by atoms with van der Waals surface area (Å²) < 4.78 is 0. The molecular formula is C32H48N2S. The first-order valence-corrected chi connectivity index (χ1v) is 15.3. The summed E-state index contributed by atoms with van der Waals surface area (Å²) in [6, 6.07) is 5.78. The second-order valence-electron chi connectivity index (χ2n) is 11.7. The average Bonchev–Trinajstić information content (AvgIpc) is 2.82. The number of aliphatic imine (C=N–C) groups is 1. The van der Waals surface area contributed by atoms with E-state index in [0.29, 0.717) is 17.3 Å². The highest BCUT2D eigenvalue weighted by molar-refractivity contribution is 8.00. The van der Waals surface area contributed by atoms with E-state index in [0.717, 1.165) is 18.9 Å². The number of hydrogen-bond acceptors (Lipinski definition) is 3. The second-order valence-corrected chi connectivity index (χ2v) is 12.6. The predicted octanol–water partition coefficient (Wildman–Crippen LogP) is 8.29. The van der Waals surface area contributed by atoms with E-state index in [1.165, 1.54) is 89.4 Å². The molecule has 3 fully saturated rings. The van der Waals surface area contributed by atoms with E-state index in [9.17, 15) is 0 Å². The van der Waals surface area contributed by atoms with Gasteiger partial charge in [0.15, 0.2) is 0 Å². The lowest BCUT2D eigenvalue weighted by Crippen LogP contribution is -2.65. The Morgan fingerprint density at radius 1 is 1.14 bits per heavy atom. The molecule has 2 saturated heterocycles. The van der Waals surface area contributed by atoms with Gasteiger partial charge in [-0.1, -0.05) is 44.6 Å². The van der Waals surface area contributed by atoms with Gasteiger partial charge in [-0.15, -0.1) is 0 Å². The molecule has 1 aromatic rings. The molecule has 0 aromatic heterocycles. The summed E-state index contributed by atoms with van der Waals surface area (Å²) >= 11 is 2.14. The third-order valence-corrected chi connectivity index (χ3v) is 10.8. The molecule has 1 unspecified atom stereocenters. The second kappa shape index (κ2) is 11.4. The molecule has 0 N–H and O–H groups in total. The van der Waals surface area contributed by atoms with Crippen molar-refractivity contribution in [1.82, 2.24) is 4.90 Å². The summed E-state index contributed by atoms with van der Waals surface area (Å²) in [4.78, 5) is 7.74. The molecule has 1 aliphatic carbocycles. The molecule has 3 heteroatoms. The largest absolute Gasteiger partial charge is 0.299 e. The Bertz CT molecular complexity index is 981. The molecule has 4 rings (SSSR count). The molecule has 2 nitrogen and oxygen atoms in total. The Hall–Kier alpha value is -1.32. The van der Waals surface area contributed by atoms with Crippen LogP contribution in [0.2, 0.25) is 0 Å². The first-order chi connectivity index (χ1) is 16.8. The lowest BCUT2D eigenvalue weighted by Gasteiger charge is -2.58. The van der Waals surface area contributed by atoms with Gasteiger partial charge in [-0.25, -0.2) is 0 Å². The van der Waals surface area contributed by atoms with Crippen molar-refractivity contribution < 1.29 is 0 Å². The van der Waals surface area contributed by atoms with Crippen molar-refractivity contribution in [2.45, 2.75) is 92.0 Å². The van der Waals surface area contributed by atoms with Gasteiger partial charge in [-0.3, -0.25) is 9.89 Å².